The molecule has 0 spiro atoms. The predicted molar refractivity (Wildman–Crippen MR) is 147 cm³/mol. The Morgan fingerprint density at radius 1 is 0.952 bits per heavy atom. The summed E-state index contributed by atoms with van der Waals surface area (Å²) in [6.45, 7) is 9.83. The molecule has 0 heterocycles. The van der Waals surface area contributed by atoms with Crippen molar-refractivity contribution in [3.8, 4) is 5.75 Å². The van der Waals surface area contributed by atoms with Crippen molar-refractivity contribution < 1.29 is 51.0 Å². The van der Waals surface area contributed by atoms with Crippen molar-refractivity contribution in [1.82, 2.24) is 10.2 Å². The van der Waals surface area contributed by atoms with E-state index in [0.717, 1.165) is 16.7 Å². The number of benzene rings is 2. The molecule has 0 aliphatic rings. The van der Waals surface area contributed by atoms with E-state index in [1.54, 1.807) is 38.1 Å². The van der Waals surface area contributed by atoms with Crippen LogP contribution in [0.2, 0.25) is 0 Å². The topological polar surface area (TPSA) is 201 Å². The number of ether oxygens (including phenoxy) is 1. The number of alkyl halides is 3. The van der Waals surface area contributed by atoms with E-state index in [1.807, 2.05) is 20.8 Å². The summed E-state index contributed by atoms with van der Waals surface area (Å²) in [7, 11) is -4.07. The molecule has 12 nitrogen and oxygen atoms in total. The Morgan fingerprint density at radius 2 is 1.43 bits per heavy atom. The SMILES string of the molecule is Cc1c(C)c(C)c(S(=O)(=O)N[C@@H](Cc2ccc(OCCCONC(=N)N)cc2)C(=O)O)c(C)c1C.O=C(O)C(F)(F)F. The van der Waals surface area contributed by atoms with Gasteiger partial charge in [0, 0.05) is 6.42 Å². The maximum absolute atomic E-state index is 13.3. The highest BCUT2D eigenvalue weighted by Crippen LogP contribution is 2.29. The maximum atomic E-state index is 13.3. The van der Waals surface area contributed by atoms with Gasteiger partial charge in [-0.2, -0.15) is 17.9 Å². The van der Waals surface area contributed by atoms with Crippen molar-refractivity contribution in [3.05, 3.63) is 57.6 Å². The highest BCUT2D eigenvalue weighted by molar-refractivity contribution is 7.89. The van der Waals surface area contributed by atoms with Crippen LogP contribution in [0.25, 0.3) is 0 Å². The van der Waals surface area contributed by atoms with Crippen LogP contribution in [0.5, 0.6) is 5.75 Å². The minimum absolute atomic E-state index is 0.0265. The number of halogens is 3. The molecule has 2 rings (SSSR count). The molecule has 0 saturated carbocycles. The van der Waals surface area contributed by atoms with Crippen LogP contribution in [-0.2, 0) is 30.9 Å². The van der Waals surface area contributed by atoms with Crippen molar-refractivity contribution in [2.45, 2.75) is 64.6 Å². The molecule has 0 aliphatic carbocycles. The summed E-state index contributed by atoms with van der Waals surface area (Å²) in [6, 6.07) is 5.45. The van der Waals surface area contributed by atoms with E-state index < -0.39 is 34.2 Å². The lowest BCUT2D eigenvalue weighted by atomic mass is 9.95. The van der Waals surface area contributed by atoms with Gasteiger partial charge in [0.25, 0.3) is 0 Å². The Balaban J connectivity index is 0.00000112. The van der Waals surface area contributed by atoms with Crippen LogP contribution >= 0.6 is 0 Å². The van der Waals surface area contributed by atoms with Gasteiger partial charge in [-0.1, -0.05) is 12.1 Å². The molecule has 0 aromatic heterocycles. The lowest BCUT2D eigenvalue weighted by Gasteiger charge is -2.21. The number of sulfonamides is 1. The van der Waals surface area contributed by atoms with Crippen LogP contribution in [0.3, 0.4) is 0 Å². The van der Waals surface area contributed by atoms with Gasteiger partial charge in [-0.3, -0.25) is 15.0 Å². The van der Waals surface area contributed by atoms with Crippen molar-refractivity contribution in [3.63, 3.8) is 0 Å². The summed E-state index contributed by atoms with van der Waals surface area (Å²) in [5.41, 5.74) is 12.0. The number of carbonyl (C=O) groups is 2. The molecule has 1 atom stereocenters. The molecular weight excluding hydrogens is 585 g/mol. The molecule has 42 heavy (non-hydrogen) atoms. The molecule has 2 aromatic carbocycles. The number of hydrogen-bond acceptors (Lipinski definition) is 7. The van der Waals surface area contributed by atoms with Crippen molar-refractivity contribution >= 4 is 27.9 Å². The number of hydrogen-bond donors (Lipinski definition) is 6. The van der Waals surface area contributed by atoms with Crippen LogP contribution in [-0.4, -0.2) is 62.0 Å². The molecule has 234 valence electrons. The third-order valence-electron chi connectivity index (χ3n) is 6.24. The number of carboxylic acid groups (broad SMARTS) is 2. The number of guanidine groups is 1. The van der Waals surface area contributed by atoms with E-state index in [-0.39, 0.29) is 17.3 Å². The summed E-state index contributed by atoms with van der Waals surface area (Å²) in [4.78, 5) is 25.9. The Morgan fingerprint density at radius 3 is 1.86 bits per heavy atom. The van der Waals surface area contributed by atoms with Gasteiger partial charge in [0.2, 0.25) is 16.0 Å². The molecule has 16 heteroatoms. The van der Waals surface area contributed by atoms with Gasteiger partial charge < -0.3 is 20.7 Å². The quantitative estimate of drug-likeness (QED) is 0.0887. The summed E-state index contributed by atoms with van der Waals surface area (Å²) in [6.07, 6.45) is -4.55. The van der Waals surface area contributed by atoms with Crippen molar-refractivity contribution in [2.24, 2.45) is 5.73 Å². The predicted octanol–water partition coefficient (Wildman–Crippen LogP) is 3.02. The number of nitrogens with two attached hydrogens (primary N) is 1. The highest BCUT2D eigenvalue weighted by Gasteiger charge is 2.38. The van der Waals surface area contributed by atoms with E-state index in [4.69, 9.17) is 30.6 Å². The first-order valence-electron chi connectivity index (χ1n) is 12.3. The average Bonchev–Trinajstić information content (AvgIpc) is 2.88. The molecule has 0 amide bonds. The first-order chi connectivity index (χ1) is 19.3. The maximum Gasteiger partial charge on any atom is 0.490 e. The summed E-state index contributed by atoms with van der Waals surface area (Å²) >= 11 is 0. The third kappa shape index (κ3) is 10.8. The third-order valence-corrected chi connectivity index (χ3v) is 7.99. The standard InChI is InChI=1S/C24H34N4O6S.C2HF3O2/c1-14-15(2)17(4)22(18(5)16(14)3)35(31,32)28-21(23(29)30)13-19-7-9-20(10-8-19)33-11-6-12-34-27-24(25)26;3-2(4,5)1(6)7/h7-10,21,28H,6,11-13H2,1-5H3,(H,29,30)(H4,25,26,27);(H,6,7)/t21-;/m0./s1. The van der Waals surface area contributed by atoms with Gasteiger partial charge in [0.1, 0.15) is 11.8 Å². The number of rotatable bonds is 12. The zero-order chi connectivity index (χ0) is 32.4. The van der Waals surface area contributed by atoms with Gasteiger partial charge in [-0.05, 0) is 86.6 Å². The fraction of sp³-hybridized carbons (Fsp3) is 0.423. The molecule has 2 aromatic rings. The first-order valence-corrected chi connectivity index (χ1v) is 13.8. The second-order valence-corrected chi connectivity index (χ2v) is 10.8. The highest BCUT2D eigenvalue weighted by atomic mass is 32.2. The van der Waals surface area contributed by atoms with E-state index in [2.05, 4.69) is 10.2 Å². The molecule has 0 aliphatic heterocycles. The molecule has 0 unspecified atom stereocenters. The zero-order valence-corrected chi connectivity index (χ0v) is 24.5. The molecule has 0 saturated heterocycles. The van der Waals surface area contributed by atoms with Crippen LogP contribution in [0.4, 0.5) is 13.2 Å². The van der Waals surface area contributed by atoms with Gasteiger partial charge >= 0.3 is 18.1 Å². The fourth-order valence-electron chi connectivity index (χ4n) is 3.70. The van der Waals surface area contributed by atoms with Crippen LogP contribution in [0.15, 0.2) is 29.2 Å². The van der Waals surface area contributed by atoms with E-state index >= 15 is 0 Å². The average molecular weight is 621 g/mol. The van der Waals surface area contributed by atoms with Crippen LogP contribution < -0.4 is 20.7 Å². The van der Waals surface area contributed by atoms with Crippen molar-refractivity contribution in [2.75, 3.05) is 13.2 Å². The van der Waals surface area contributed by atoms with Gasteiger partial charge in [0.05, 0.1) is 18.1 Å². The first kappa shape index (κ1) is 36.1. The number of nitrogens with one attached hydrogen (secondary N) is 3. The zero-order valence-electron chi connectivity index (χ0n) is 23.7. The van der Waals surface area contributed by atoms with Gasteiger partial charge in [-0.15, -0.1) is 0 Å². The minimum atomic E-state index is -5.08. The second kappa shape index (κ2) is 15.4. The van der Waals surface area contributed by atoms with Gasteiger partial charge in [0.15, 0.2) is 0 Å². The molecule has 0 radical (unpaired) electrons. The summed E-state index contributed by atoms with van der Waals surface area (Å²) < 4.78 is 66.2. The second-order valence-electron chi connectivity index (χ2n) is 9.18. The monoisotopic (exact) mass is 620 g/mol. The smallest absolute Gasteiger partial charge is 0.490 e. The Kier molecular flexibility index (Phi) is 13.2. The molecular formula is C26H35F3N4O8S. The Labute approximate surface area is 241 Å². The van der Waals surface area contributed by atoms with E-state index in [0.29, 0.717) is 42.1 Å². The normalized spacial score (nSPS) is 12.1. The number of carboxylic acids is 2. The largest absolute Gasteiger partial charge is 0.494 e. The summed E-state index contributed by atoms with van der Waals surface area (Å²) in [5.74, 6) is -3.72. The molecule has 7 N–H and O–H groups in total. The Hall–Kier alpha value is -3.89. The molecule has 0 bridgehead atoms. The van der Waals surface area contributed by atoms with Gasteiger partial charge in [-0.25, -0.2) is 18.7 Å². The van der Waals surface area contributed by atoms with Crippen LogP contribution in [0, 0.1) is 40.0 Å². The lowest BCUT2D eigenvalue weighted by Crippen LogP contribution is -2.42. The lowest BCUT2D eigenvalue weighted by molar-refractivity contribution is -0.192. The van der Waals surface area contributed by atoms with Crippen LogP contribution in [0.1, 0.15) is 39.8 Å². The Bertz CT molecular complexity index is 1350. The van der Waals surface area contributed by atoms with E-state index in [9.17, 15) is 31.5 Å². The molecule has 0 fully saturated rings. The number of aliphatic carboxylic acids is 2. The van der Waals surface area contributed by atoms with E-state index in [1.165, 1.54) is 0 Å². The number of hydroxylamine groups is 1. The van der Waals surface area contributed by atoms with Crippen molar-refractivity contribution in [1.29, 1.82) is 5.41 Å². The summed E-state index contributed by atoms with van der Waals surface area (Å²) in [5, 5.41) is 23.8. The minimum Gasteiger partial charge on any atom is -0.494 e. The fourth-order valence-corrected chi connectivity index (χ4v) is 5.49.